The van der Waals surface area contributed by atoms with Crippen molar-refractivity contribution < 1.29 is 4.79 Å². The number of amides is 1. The van der Waals surface area contributed by atoms with Gasteiger partial charge in [-0.2, -0.15) is 5.10 Å². The van der Waals surface area contributed by atoms with E-state index in [0.717, 1.165) is 21.5 Å². The van der Waals surface area contributed by atoms with Crippen molar-refractivity contribution in [1.29, 1.82) is 0 Å². The zero-order chi connectivity index (χ0) is 19.0. The lowest BCUT2D eigenvalue weighted by Crippen LogP contribution is -2.13. The molecule has 0 unspecified atom stereocenters. The second-order valence-electron chi connectivity index (χ2n) is 6.17. The average molecular weight is 397 g/mol. The Kier molecular flexibility index (Phi) is 4.68. The minimum atomic E-state index is -0.235. The van der Waals surface area contributed by atoms with E-state index in [1.165, 1.54) is 0 Å². The molecule has 136 valence electrons. The molecule has 5 nitrogen and oxygen atoms in total. The van der Waals surface area contributed by atoms with Crippen LogP contribution in [0.4, 0.5) is 5.69 Å². The van der Waals surface area contributed by atoms with Gasteiger partial charge in [-0.1, -0.05) is 23.7 Å². The first kappa shape index (κ1) is 17.7. The number of pyridine rings is 1. The van der Waals surface area contributed by atoms with Crippen LogP contribution in [0.1, 0.15) is 22.8 Å². The molecule has 0 aliphatic heterocycles. The van der Waals surface area contributed by atoms with Crippen LogP contribution in [0.15, 0.2) is 48.0 Å². The molecule has 7 heteroatoms. The number of nitrogens with one attached hydrogen (secondary N) is 1. The Morgan fingerprint density at radius 1 is 1.30 bits per heavy atom. The number of rotatable bonds is 4. The monoisotopic (exact) mass is 396 g/mol. The van der Waals surface area contributed by atoms with Crippen LogP contribution >= 0.6 is 22.9 Å². The maximum atomic E-state index is 13.1. The second kappa shape index (κ2) is 7.13. The predicted octanol–water partition coefficient (Wildman–Crippen LogP) is 5.39. The van der Waals surface area contributed by atoms with Crippen LogP contribution in [0.25, 0.3) is 21.6 Å². The number of benzene rings is 1. The van der Waals surface area contributed by atoms with E-state index in [9.17, 15) is 4.79 Å². The highest BCUT2D eigenvalue weighted by Gasteiger charge is 2.18. The van der Waals surface area contributed by atoms with Gasteiger partial charge in [0.05, 0.1) is 38.4 Å². The van der Waals surface area contributed by atoms with Gasteiger partial charge in [-0.15, -0.1) is 11.3 Å². The third kappa shape index (κ3) is 3.34. The lowest BCUT2D eigenvalue weighted by Gasteiger charge is -2.10. The number of hydrogen-bond acceptors (Lipinski definition) is 4. The fourth-order valence-electron chi connectivity index (χ4n) is 2.93. The molecule has 0 radical (unpaired) electrons. The van der Waals surface area contributed by atoms with Crippen LogP contribution < -0.4 is 5.32 Å². The summed E-state index contributed by atoms with van der Waals surface area (Å²) in [6, 6.07) is 11.3. The fourth-order valence-corrected chi connectivity index (χ4v) is 3.90. The number of fused-ring (bicyclic) bond motifs is 1. The molecular weight excluding hydrogens is 380 g/mol. The zero-order valence-corrected chi connectivity index (χ0v) is 16.4. The van der Waals surface area contributed by atoms with Gasteiger partial charge in [-0.25, -0.2) is 9.67 Å². The molecule has 0 saturated carbocycles. The van der Waals surface area contributed by atoms with E-state index in [-0.39, 0.29) is 5.91 Å². The molecule has 27 heavy (non-hydrogen) atoms. The van der Waals surface area contributed by atoms with Gasteiger partial charge in [0.2, 0.25) is 0 Å². The number of hydrogen-bond donors (Lipinski definition) is 1. The van der Waals surface area contributed by atoms with Crippen molar-refractivity contribution in [3.8, 4) is 10.6 Å². The van der Waals surface area contributed by atoms with Gasteiger partial charge in [-0.05, 0) is 49.1 Å². The van der Waals surface area contributed by atoms with Crippen molar-refractivity contribution in [1.82, 2.24) is 14.8 Å². The number of aryl methyl sites for hydroxylation is 2. The van der Waals surface area contributed by atoms with Crippen LogP contribution in [0.2, 0.25) is 5.02 Å². The quantitative estimate of drug-likeness (QED) is 0.502. The van der Waals surface area contributed by atoms with Gasteiger partial charge >= 0.3 is 0 Å². The van der Waals surface area contributed by atoms with E-state index in [1.807, 2.05) is 55.6 Å². The fraction of sp³-hybridized carbons (Fsp3) is 0.150. The Morgan fingerprint density at radius 3 is 2.85 bits per heavy atom. The minimum Gasteiger partial charge on any atom is -0.321 e. The molecule has 0 fully saturated rings. The number of nitrogens with zero attached hydrogens (tertiary/aromatic N) is 3. The van der Waals surface area contributed by atoms with E-state index in [4.69, 9.17) is 16.6 Å². The Bertz CT molecular complexity index is 1130. The van der Waals surface area contributed by atoms with Crippen LogP contribution in [0.5, 0.6) is 0 Å². The summed E-state index contributed by atoms with van der Waals surface area (Å²) in [7, 11) is 0. The SMILES string of the molecule is CCn1ncc2c(C(=O)Nc3ccc(C)cc3Cl)cc(-c3cccs3)nc21. The summed E-state index contributed by atoms with van der Waals surface area (Å²) < 4.78 is 1.79. The van der Waals surface area contributed by atoms with Crippen molar-refractivity contribution in [2.45, 2.75) is 20.4 Å². The lowest BCUT2D eigenvalue weighted by molar-refractivity contribution is 0.102. The van der Waals surface area contributed by atoms with Crippen molar-refractivity contribution in [3.05, 3.63) is 64.1 Å². The Labute approximate surface area is 165 Å². The molecule has 0 aliphatic carbocycles. The van der Waals surface area contributed by atoms with Crippen LogP contribution in [0.3, 0.4) is 0 Å². The van der Waals surface area contributed by atoms with Gasteiger partial charge in [0.1, 0.15) is 0 Å². The average Bonchev–Trinajstić information content (AvgIpc) is 3.32. The summed E-state index contributed by atoms with van der Waals surface area (Å²) in [5.74, 6) is -0.235. The first-order valence-electron chi connectivity index (χ1n) is 8.54. The van der Waals surface area contributed by atoms with E-state index in [0.29, 0.717) is 28.5 Å². The van der Waals surface area contributed by atoms with Gasteiger partial charge in [0, 0.05) is 6.54 Å². The smallest absolute Gasteiger partial charge is 0.256 e. The van der Waals surface area contributed by atoms with Gasteiger partial charge in [0.25, 0.3) is 5.91 Å². The van der Waals surface area contributed by atoms with E-state index in [1.54, 1.807) is 22.2 Å². The van der Waals surface area contributed by atoms with E-state index in [2.05, 4.69) is 10.4 Å². The first-order valence-corrected chi connectivity index (χ1v) is 9.80. The van der Waals surface area contributed by atoms with Gasteiger partial charge in [0.15, 0.2) is 5.65 Å². The molecule has 0 aliphatic rings. The first-order chi connectivity index (χ1) is 13.1. The molecule has 0 atom stereocenters. The number of anilines is 1. The standard InChI is InChI=1S/C20H17ClN4OS/c1-3-25-19-14(11-22-25)13(10-17(23-19)18-5-4-8-27-18)20(26)24-16-7-6-12(2)9-15(16)21/h4-11H,3H2,1-2H3,(H,24,26). The molecule has 0 bridgehead atoms. The topological polar surface area (TPSA) is 59.8 Å². The molecule has 4 aromatic rings. The summed E-state index contributed by atoms with van der Waals surface area (Å²) in [5, 5.41) is 10.5. The molecule has 3 aromatic heterocycles. The highest BCUT2D eigenvalue weighted by molar-refractivity contribution is 7.13. The molecule has 1 N–H and O–H groups in total. The highest BCUT2D eigenvalue weighted by Crippen LogP contribution is 2.29. The lowest BCUT2D eigenvalue weighted by atomic mass is 10.1. The van der Waals surface area contributed by atoms with Crippen molar-refractivity contribution in [2.75, 3.05) is 5.32 Å². The molecule has 1 amide bonds. The summed E-state index contributed by atoms with van der Waals surface area (Å²) >= 11 is 7.86. The van der Waals surface area contributed by atoms with Gasteiger partial charge < -0.3 is 5.32 Å². The third-order valence-corrected chi connectivity index (χ3v) is 5.50. The molecule has 0 saturated heterocycles. The summed E-state index contributed by atoms with van der Waals surface area (Å²) in [6.07, 6.45) is 1.69. The number of halogens is 1. The molecule has 1 aromatic carbocycles. The summed E-state index contributed by atoms with van der Waals surface area (Å²) in [6.45, 7) is 4.63. The highest BCUT2D eigenvalue weighted by atomic mass is 35.5. The van der Waals surface area contributed by atoms with Crippen molar-refractivity contribution in [2.24, 2.45) is 0 Å². The normalized spacial score (nSPS) is 11.1. The van der Waals surface area contributed by atoms with Crippen LogP contribution in [0, 0.1) is 6.92 Å². The van der Waals surface area contributed by atoms with E-state index >= 15 is 0 Å². The van der Waals surface area contributed by atoms with E-state index < -0.39 is 0 Å². The molecule has 4 rings (SSSR count). The van der Waals surface area contributed by atoms with Gasteiger partial charge in [-0.3, -0.25) is 4.79 Å². The number of carbonyl (C=O) groups is 1. The van der Waals surface area contributed by atoms with Crippen LogP contribution in [-0.4, -0.2) is 20.7 Å². The summed E-state index contributed by atoms with van der Waals surface area (Å²) in [5.41, 5.74) is 3.60. The van der Waals surface area contributed by atoms with Crippen LogP contribution in [-0.2, 0) is 6.54 Å². The van der Waals surface area contributed by atoms with Crippen molar-refractivity contribution in [3.63, 3.8) is 0 Å². The maximum Gasteiger partial charge on any atom is 0.256 e. The van der Waals surface area contributed by atoms with Crippen molar-refractivity contribution >= 4 is 45.6 Å². The Balaban J connectivity index is 1.82. The predicted molar refractivity (Wildman–Crippen MR) is 111 cm³/mol. The zero-order valence-electron chi connectivity index (χ0n) is 14.9. The number of aromatic nitrogens is 3. The molecule has 0 spiro atoms. The number of carbonyl (C=O) groups excluding carboxylic acids is 1. The largest absolute Gasteiger partial charge is 0.321 e. The Morgan fingerprint density at radius 2 is 2.15 bits per heavy atom. The third-order valence-electron chi connectivity index (χ3n) is 4.30. The molecule has 3 heterocycles. The number of thiophene rings is 1. The minimum absolute atomic E-state index is 0.235. The second-order valence-corrected chi connectivity index (χ2v) is 7.52. The maximum absolute atomic E-state index is 13.1. The Hall–Kier alpha value is -2.70. The molecular formula is C20H17ClN4OS. The summed E-state index contributed by atoms with van der Waals surface area (Å²) in [4.78, 5) is 18.8.